The van der Waals surface area contributed by atoms with Gasteiger partial charge < -0.3 is 14.4 Å². The van der Waals surface area contributed by atoms with E-state index in [4.69, 9.17) is 4.74 Å². The molecule has 0 bridgehead atoms. The molecule has 5 nitrogen and oxygen atoms in total. The van der Waals surface area contributed by atoms with Crippen LogP contribution in [0.1, 0.15) is 42.2 Å². The van der Waals surface area contributed by atoms with Crippen molar-refractivity contribution in [1.29, 1.82) is 0 Å². The number of cyclic esters (lactones) is 1. The molecule has 0 aliphatic carbocycles. The number of carbonyl (C=O) groups excluding carboxylic acids is 1. The third-order valence-electron chi connectivity index (χ3n) is 5.84. The largest absolute Gasteiger partial charge is 0.573 e. The summed E-state index contributed by atoms with van der Waals surface area (Å²) in [7, 11) is 1.64. The first-order valence-electron chi connectivity index (χ1n) is 10.8. The maximum absolute atomic E-state index is 13.3. The Kier molecular flexibility index (Phi) is 7.53. The van der Waals surface area contributed by atoms with E-state index in [0.29, 0.717) is 24.4 Å². The van der Waals surface area contributed by atoms with Crippen molar-refractivity contribution in [1.82, 2.24) is 4.90 Å². The first-order valence-corrected chi connectivity index (χ1v) is 10.8. The highest BCUT2D eigenvalue weighted by molar-refractivity contribution is 5.72. The van der Waals surface area contributed by atoms with Crippen molar-refractivity contribution in [2.75, 3.05) is 18.5 Å². The van der Waals surface area contributed by atoms with Gasteiger partial charge in [0.1, 0.15) is 11.9 Å². The minimum absolute atomic E-state index is 0.0400. The maximum Gasteiger partial charge on any atom is 0.573 e. The van der Waals surface area contributed by atoms with Crippen LogP contribution >= 0.6 is 0 Å². The standard InChI is InChI=1S/C23H21F9N2O3/c1-4-33(3)18-6-5-17(37-23(30,31)32)9-14(18)11-34-12(2)19(36-20(34)35)13-7-15(21(24,25)26)10-16(8-13)22(27,28)29/h5-10,12,19H,4,11H2,1-3H3. The zero-order valence-corrected chi connectivity index (χ0v) is 19.6. The van der Waals surface area contributed by atoms with Crippen LogP contribution in [0.15, 0.2) is 36.4 Å². The number of benzene rings is 2. The molecule has 2 unspecified atom stereocenters. The fourth-order valence-corrected chi connectivity index (χ4v) is 3.91. The monoisotopic (exact) mass is 544 g/mol. The van der Waals surface area contributed by atoms with Crippen molar-refractivity contribution in [3.05, 3.63) is 58.7 Å². The number of halogens is 9. The molecule has 0 spiro atoms. The Labute approximate surface area is 205 Å². The second-order valence-corrected chi connectivity index (χ2v) is 8.36. The summed E-state index contributed by atoms with van der Waals surface area (Å²) in [6.45, 7) is 3.19. The van der Waals surface area contributed by atoms with Crippen LogP contribution in [0, 0.1) is 0 Å². The number of rotatable bonds is 6. The number of ether oxygens (including phenoxy) is 2. The van der Waals surface area contributed by atoms with Gasteiger partial charge in [0.15, 0.2) is 0 Å². The maximum atomic E-state index is 13.3. The van der Waals surface area contributed by atoms with E-state index in [-0.39, 0.29) is 18.2 Å². The van der Waals surface area contributed by atoms with Crippen LogP contribution in [0.5, 0.6) is 5.75 Å². The van der Waals surface area contributed by atoms with Crippen LogP contribution in [0.4, 0.5) is 50.0 Å². The Morgan fingerprint density at radius 1 is 0.946 bits per heavy atom. The van der Waals surface area contributed by atoms with Gasteiger partial charge in [-0.2, -0.15) is 26.3 Å². The molecule has 0 aromatic heterocycles. The first-order chi connectivity index (χ1) is 16.9. The number of anilines is 1. The predicted octanol–water partition coefficient (Wildman–Crippen LogP) is 7.16. The number of nitrogens with zero attached hydrogens (tertiary/aromatic N) is 2. The first kappa shape index (κ1) is 28.3. The summed E-state index contributed by atoms with van der Waals surface area (Å²) < 4.78 is 127. The topological polar surface area (TPSA) is 42.0 Å². The summed E-state index contributed by atoms with van der Waals surface area (Å²) in [5, 5.41) is 0. The van der Waals surface area contributed by atoms with Crippen molar-refractivity contribution in [3.63, 3.8) is 0 Å². The number of alkyl halides is 9. The third-order valence-corrected chi connectivity index (χ3v) is 5.84. The molecule has 2 atom stereocenters. The molecule has 1 saturated heterocycles. The molecule has 2 aromatic rings. The highest BCUT2D eigenvalue weighted by Gasteiger charge is 2.43. The van der Waals surface area contributed by atoms with Crippen LogP contribution < -0.4 is 9.64 Å². The molecular formula is C23H21F9N2O3. The molecule has 2 aromatic carbocycles. The summed E-state index contributed by atoms with van der Waals surface area (Å²) >= 11 is 0. The van der Waals surface area contributed by atoms with Gasteiger partial charge in [-0.1, -0.05) is 0 Å². The second kappa shape index (κ2) is 9.86. The van der Waals surface area contributed by atoms with Crippen molar-refractivity contribution >= 4 is 11.8 Å². The van der Waals surface area contributed by atoms with Gasteiger partial charge in [-0.15, -0.1) is 13.2 Å². The molecular weight excluding hydrogens is 523 g/mol. The summed E-state index contributed by atoms with van der Waals surface area (Å²) in [6.07, 6.45) is -17.7. The summed E-state index contributed by atoms with van der Waals surface area (Å²) in [5.41, 5.74) is -3.04. The molecule has 1 heterocycles. The molecule has 1 fully saturated rings. The molecule has 204 valence electrons. The lowest BCUT2D eigenvalue weighted by Crippen LogP contribution is -2.32. The Balaban J connectivity index is 1.99. The summed E-state index contributed by atoms with van der Waals surface area (Å²) in [5.74, 6) is -0.569. The normalized spacial score (nSPS) is 18.7. The van der Waals surface area contributed by atoms with E-state index in [1.54, 1.807) is 18.9 Å². The Morgan fingerprint density at radius 2 is 1.51 bits per heavy atom. The number of amides is 1. The summed E-state index contributed by atoms with van der Waals surface area (Å²) in [6, 6.07) is 3.31. The van der Waals surface area contributed by atoms with Gasteiger partial charge in [0, 0.05) is 19.3 Å². The average Bonchev–Trinajstić information content (AvgIpc) is 3.04. The Bertz CT molecular complexity index is 1110. The lowest BCUT2D eigenvalue weighted by molar-refractivity contribution is -0.274. The minimum atomic E-state index is -5.10. The van der Waals surface area contributed by atoms with Crippen molar-refractivity contribution in [3.8, 4) is 5.75 Å². The highest BCUT2D eigenvalue weighted by Crippen LogP contribution is 2.41. The van der Waals surface area contributed by atoms with E-state index >= 15 is 0 Å². The van der Waals surface area contributed by atoms with Crippen LogP contribution in [-0.4, -0.2) is 37.0 Å². The molecule has 0 saturated carbocycles. The van der Waals surface area contributed by atoms with E-state index in [0.717, 1.165) is 17.0 Å². The van der Waals surface area contributed by atoms with Crippen molar-refractivity contribution in [2.45, 2.75) is 51.3 Å². The smallest absolute Gasteiger partial charge is 0.439 e. The van der Waals surface area contributed by atoms with E-state index in [2.05, 4.69) is 4.74 Å². The molecule has 3 rings (SSSR count). The molecule has 0 radical (unpaired) electrons. The fourth-order valence-electron chi connectivity index (χ4n) is 3.91. The van der Waals surface area contributed by atoms with E-state index in [1.165, 1.54) is 13.0 Å². The van der Waals surface area contributed by atoms with Crippen LogP contribution in [0.25, 0.3) is 0 Å². The van der Waals surface area contributed by atoms with E-state index in [1.807, 2.05) is 0 Å². The molecule has 0 N–H and O–H groups in total. The minimum Gasteiger partial charge on any atom is -0.439 e. The SMILES string of the molecule is CCN(C)c1ccc(OC(F)(F)F)cc1CN1C(=O)OC(c2cc(C(F)(F)F)cc(C(F)(F)F)c2)C1C. The zero-order valence-electron chi connectivity index (χ0n) is 19.6. The lowest BCUT2D eigenvalue weighted by atomic mass is 9.97. The van der Waals surface area contributed by atoms with Gasteiger partial charge >= 0.3 is 24.8 Å². The van der Waals surface area contributed by atoms with E-state index < -0.39 is 59.4 Å². The molecule has 14 heteroatoms. The van der Waals surface area contributed by atoms with Crippen LogP contribution in [-0.2, 0) is 23.6 Å². The molecule has 1 aliphatic heterocycles. The van der Waals surface area contributed by atoms with Crippen LogP contribution in [0.3, 0.4) is 0 Å². The summed E-state index contributed by atoms with van der Waals surface area (Å²) in [4.78, 5) is 15.3. The van der Waals surface area contributed by atoms with Gasteiger partial charge in [0.25, 0.3) is 0 Å². The molecule has 37 heavy (non-hydrogen) atoms. The fraction of sp³-hybridized carbons (Fsp3) is 0.435. The van der Waals surface area contributed by atoms with Gasteiger partial charge in [0.2, 0.25) is 0 Å². The van der Waals surface area contributed by atoms with Gasteiger partial charge in [-0.25, -0.2) is 4.79 Å². The van der Waals surface area contributed by atoms with Gasteiger partial charge in [-0.3, -0.25) is 4.90 Å². The average molecular weight is 544 g/mol. The van der Waals surface area contributed by atoms with Crippen LogP contribution in [0.2, 0.25) is 0 Å². The second-order valence-electron chi connectivity index (χ2n) is 8.36. The van der Waals surface area contributed by atoms with Gasteiger partial charge in [-0.05, 0) is 61.4 Å². The number of hydrogen-bond donors (Lipinski definition) is 0. The Hall–Kier alpha value is -3.32. The predicted molar refractivity (Wildman–Crippen MR) is 113 cm³/mol. The van der Waals surface area contributed by atoms with Crippen molar-refractivity contribution in [2.24, 2.45) is 0 Å². The number of hydrogen-bond acceptors (Lipinski definition) is 4. The third kappa shape index (κ3) is 6.52. The quantitative estimate of drug-likeness (QED) is 0.362. The Morgan fingerprint density at radius 3 is 2.00 bits per heavy atom. The van der Waals surface area contributed by atoms with Gasteiger partial charge in [0.05, 0.1) is 23.7 Å². The molecule has 1 amide bonds. The molecule has 1 aliphatic rings. The van der Waals surface area contributed by atoms with E-state index in [9.17, 15) is 44.3 Å². The lowest BCUT2D eigenvalue weighted by Gasteiger charge is -2.26. The highest BCUT2D eigenvalue weighted by atomic mass is 19.4. The van der Waals surface area contributed by atoms with Crippen molar-refractivity contribution < 1.29 is 53.8 Å². The number of carbonyl (C=O) groups is 1. The zero-order chi connectivity index (χ0) is 27.9.